The normalized spacial score (nSPS) is 11.2. The second kappa shape index (κ2) is 6.00. The molecular weight excluding hydrogens is 280 g/mol. The second-order valence-corrected chi connectivity index (χ2v) is 4.14. The van der Waals surface area contributed by atoms with E-state index < -0.39 is 23.1 Å². The van der Waals surface area contributed by atoms with Gasteiger partial charge in [-0.25, -0.2) is 8.78 Å². The fourth-order valence-electron chi connectivity index (χ4n) is 1.68. The number of hydrogen-bond acceptors (Lipinski definition) is 3. The Balaban J connectivity index is 2.26. The number of halogens is 2. The molecule has 7 heteroatoms. The first kappa shape index (κ1) is 14.4. The zero-order chi connectivity index (χ0) is 15.4. The van der Waals surface area contributed by atoms with Crippen LogP contribution in [0.25, 0.3) is 0 Å². The van der Waals surface area contributed by atoms with Crippen LogP contribution in [0, 0.1) is 11.6 Å². The van der Waals surface area contributed by atoms with Crippen LogP contribution in [0.5, 0.6) is 0 Å². The quantitative estimate of drug-likeness (QED) is 0.351. The van der Waals surface area contributed by atoms with E-state index in [2.05, 4.69) is 10.5 Å². The molecule has 5 nitrogen and oxygen atoms in total. The third-order valence-corrected chi connectivity index (χ3v) is 2.70. The summed E-state index contributed by atoms with van der Waals surface area (Å²) in [5, 5.41) is 13.8. The van der Waals surface area contributed by atoms with E-state index in [1.165, 1.54) is 12.1 Å². The van der Waals surface area contributed by atoms with Gasteiger partial charge in [-0.1, -0.05) is 17.3 Å². The van der Waals surface area contributed by atoms with Crippen molar-refractivity contribution in [2.24, 2.45) is 10.9 Å². The molecule has 0 fully saturated rings. The summed E-state index contributed by atoms with van der Waals surface area (Å²) in [6, 6.07) is 8.69. The van der Waals surface area contributed by atoms with Crippen LogP contribution in [0.3, 0.4) is 0 Å². The highest BCUT2D eigenvalue weighted by atomic mass is 19.1. The van der Waals surface area contributed by atoms with Gasteiger partial charge in [0.1, 0.15) is 11.6 Å². The molecule has 1 amide bonds. The van der Waals surface area contributed by atoms with E-state index in [4.69, 9.17) is 10.9 Å². The molecule has 21 heavy (non-hydrogen) atoms. The van der Waals surface area contributed by atoms with Crippen molar-refractivity contribution in [1.29, 1.82) is 0 Å². The van der Waals surface area contributed by atoms with Crippen LogP contribution in [-0.4, -0.2) is 17.0 Å². The molecule has 2 aromatic carbocycles. The summed E-state index contributed by atoms with van der Waals surface area (Å²) in [7, 11) is 0. The van der Waals surface area contributed by atoms with Crippen LogP contribution >= 0.6 is 0 Å². The van der Waals surface area contributed by atoms with Gasteiger partial charge in [0.25, 0.3) is 5.91 Å². The van der Waals surface area contributed by atoms with Crippen molar-refractivity contribution in [3.8, 4) is 0 Å². The van der Waals surface area contributed by atoms with E-state index in [1.54, 1.807) is 12.1 Å². The van der Waals surface area contributed by atoms with Crippen molar-refractivity contribution in [3.63, 3.8) is 0 Å². The van der Waals surface area contributed by atoms with E-state index in [-0.39, 0.29) is 5.84 Å². The summed E-state index contributed by atoms with van der Waals surface area (Å²) in [4.78, 5) is 11.9. The van der Waals surface area contributed by atoms with Crippen molar-refractivity contribution in [1.82, 2.24) is 0 Å². The minimum Gasteiger partial charge on any atom is -0.409 e. The Kier molecular flexibility index (Phi) is 4.13. The largest absolute Gasteiger partial charge is 0.409 e. The number of nitrogens with two attached hydrogens (primary N) is 1. The fourth-order valence-corrected chi connectivity index (χ4v) is 1.68. The van der Waals surface area contributed by atoms with Crippen LogP contribution in [0.4, 0.5) is 14.5 Å². The van der Waals surface area contributed by atoms with Gasteiger partial charge in [-0.2, -0.15) is 0 Å². The van der Waals surface area contributed by atoms with E-state index in [0.29, 0.717) is 11.3 Å². The van der Waals surface area contributed by atoms with Crippen molar-refractivity contribution in [2.45, 2.75) is 0 Å². The van der Waals surface area contributed by atoms with Gasteiger partial charge in [-0.05, 0) is 30.3 Å². The first-order valence-electron chi connectivity index (χ1n) is 5.85. The number of oxime groups is 1. The molecule has 0 spiro atoms. The number of carbonyl (C=O) groups is 1. The van der Waals surface area contributed by atoms with Gasteiger partial charge in [-0.3, -0.25) is 4.79 Å². The Bertz CT molecular complexity index is 717. The van der Waals surface area contributed by atoms with E-state index in [9.17, 15) is 13.6 Å². The maximum Gasteiger partial charge on any atom is 0.258 e. The summed E-state index contributed by atoms with van der Waals surface area (Å²) in [5.41, 5.74) is 5.68. The highest BCUT2D eigenvalue weighted by Gasteiger charge is 2.13. The van der Waals surface area contributed by atoms with Crippen LogP contribution in [0.1, 0.15) is 15.9 Å². The van der Waals surface area contributed by atoms with Crippen molar-refractivity contribution in [3.05, 3.63) is 65.2 Å². The Hall–Kier alpha value is -2.96. The summed E-state index contributed by atoms with van der Waals surface area (Å²) >= 11 is 0. The lowest BCUT2D eigenvalue weighted by atomic mass is 10.1. The molecule has 0 aliphatic carbocycles. The van der Waals surface area contributed by atoms with Crippen LogP contribution in [0.15, 0.2) is 47.6 Å². The van der Waals surface area contributed by atoms with Gasteiger partial charge >= 0.3 is 0 Å². The number of amides is 1. The zero-order valence-corrected chi connectivity index (χ0v) is 10.7. The van der Waals surface area contributed by atoms with E-state index in [0.717, 1.165) is 18.2 Å². The Morgan fingerprint density at radius 1 is 1.19 bits per heavy atom. The average Bonchev–Trinajstić information content (AvgIpc) is 2.49. The molecule has 0 saturated carbocycles. The molecule has 0 aliphatic heterocycles. The molecule has 108 valence electrons. The van der Waals surface area contributed by atoms with Crippen LogP contribution < -0.4 is 11.1 Å². The molecule has 0 atom stereocenters. The Morgan fingerprint density at radius 2 is 1.95 bits per heavy atom. The number of benzene rings is 2. The molecule has 0 aliphatic rings. The monoisotopic (exact) mass is 291 g/mol. The second-order valence-electron chi connectivity index (χ2n) is 4.14. The molecule has 0 aromatic heterocycles. The lowest BCUT2D eigenvalue weighted by Crippen LogP contribution is -2.16. The summed E-state index contributed by atoms with van der Waals surface area (Å²) < 4.78 is 26.5. The minimum atomic E-state index is -0.832. The first-order chi connectivity index (χ1) is 10.0. The van der Waals surface area contributed by atoms with Crippen molar-refractivity contribution in [2.75, 3.05) is 5.32 Å². The molecule has 0 unspecified atom stereocenters. The van der Waals surface area contributed by atoms with Crippen LogP contribution in [-0.2, 0) is 0 Å². The number of carbonyl (C=O) groups excluding carboxylic acids is 1. The smallest absolute Gasteiger partial charge is 0.258 e. The van der Waals surface area contributed by atoms with E-state index in [1.807, 2.05) is 0 Å². The zero-order valence-electron chi connectivity index (χ0n) is 10.7. The first-order valence-corrected chi connectivity index (χ1v) is 5.85. The molecule has 0 radical (unpaired) electrons. The predicted octanol–water partition coefficient (Wildman–Crippen LogP) is 2.31. The molecule has 2 rings (SSSR count). The third kappa shape index (κ3) is 3.33. The Labute approximate surface area is 118 Å². The SMILES string of the molecule is N/C(=N/O)c1cccc(NC(=O)c2cc(F)ccc2F)c1. The maximum atomic E-state index is 13.5. The number of anilines is 1. The number of amidine groups is 1. The average molecular weight is 291 g/mol. The molecule has 4 N–H and O–H groups in total. The maximum absolute atomic E-state index is 13.5. The number of hydrogen-bond donors (Lipinski definition) is 3. The summed E-state index contributed by atoms with van der Waals surface area (Å²) in [6.07, 6.45) is 0. The minimum absolute atomic E-state index is 0.136. The lowest BCUT2D eigenvalue weighted by molar-refractivity contribution is 0.102. The number of nitrogens with zero attached hydrogens (tertiary/aromatic N) is 1. The third-order valence-electron chi connectivity index (χ3n) is 2.70. The predicted molar refractivity (Wildman–Crippen MR) is 73.3 cm³/mol. The van der Waals surface area contributed by atoms with Crippen molar-refractivity contribution >= 4 is 17.4 Å². The number of nitrogens with one attached hydrogen (secondary N) is 1. The molecular formula is C14H11F2N3O2. The van der Waals surface area contributed by atoms with Gasteiger partial charge in [0.05, 0.1) is 5.56 Å². The Morgan fingerprint density at radius 3 is 2.67 bits per heavy atom. The molecule has 0 bridgehead atoms. The summed E-state index contributed by atoms with van der Waals surface area (Å²) in [5.74, 6) is -2.49. The highest BCUT2D eigenvalue weighted by molar-refractivity contribution is 6.05. The van der Waals surface area contributed by atoms with Gasteiger partial charge in [-0.15, -0.1) is 0 Å². The standard InChI is InChI=1S/C14H11F2N3O2/c15-9-4-5-12(16)11(7-9)14(20)18-10-3-1-2-8(6-10)13(17)19-21/h1-7,21H,(H2,17,19)(H,18,20). The van der Waals surface area contributed by atoms with Gasteiger partial charge in [0.15, 0.2) is 5.84 Å². The van der Waals surface area contributed by atoms with E-state index >= 15 is 0 Å². The van der Waals surface area contributed by atoms with Gasteiger partial charge < -0.3 is 16.3 Å². The fraction of sp³-hybridized carbons (Fsp3) is 0. The van der Waals surface area contributed by atoms with Gasteiger partial charge in [0.2, 0.25) is 0 Å². The summed E-state index contributed by atoms with van der Waals surface area (Å²) in [6.45, 7) is 0. The molecule has 0 heterocycles. The van der Waals surface area contributed by atoms with Gasteiger partial charge in [0, 0.05) is 11.3 Å². The van der Waals surface area contributed by atoms with Crippen molar-refractivity contribution < 1.29 is 18.8 Å². The topological polar surface area (TPSA) is 87.7 Å². The molecule has 2 aromatic rings. The molecule has 0 saturated heterocycles. The lowest BCUT2D eigenvalue weighted by Gasteiger charge is -2.07. The highest BCUT2D eigenvalue weighted by Crippen LogP contribution is 2.15. The van der Waals surface area contributed by atoms with Crippen LogP contribution in [0.2, 0.25) is 0 Å². The number of rotatable bonds is 3.